The third-order valence-corrected chi connectivity index (χ3v) is 3.73. The SMILES string of the molecule is Fc1cc(C(F)(F)F)ccc1-c1cccc2c1CCNC2. The zero-order valence-corrected chi connectivity index (χ0v) is 11.1. The maximum atomic E-state index is 14.1. The Kier molecular flexibility index (Phi) is 3.45. The highest BCUT2D eigenvalue weighted by Gasteiger charge is 2.31. The van der Waals surface area contributed by atoms with Gasteiger partial charge in [-0.1, -0.05) is 24.3 Å². The molecule has 0 fully saturated rings. The Labute approximate surface area is 119 Å². The van der Waals surface area contributed by atoms with Gasteiger partial charge in [-0.15, -0.1) is 0 Å². The molecule has 1 heterocycles. The van der Waals surface area contributed by atoms with Crippen molar-refractivity contribution in [2.75, 3.05) is 6.54 Å². The lowest BCUT2D eigenvalue weighted by atomic mass is 9.91. The molecule has 0 saturated heterocycles. The molecule has 0 atom stereocenters. The molecule has 0 aliphatic carbocycles. The highest BCUT2D eigenvalue weighted by atomic mass is 19.4. The molecule has 5 heteroatoms. The van der Waals surface area contributed by atoms with Gasteiger partial charge >= 0.3 is 6.18 Å². The van der Waals surface area contributed by atoms with Crippen LogP contribution in [0.15, 0.2) is 36.4 Å². The molecular formula is C16H13F4N. The van der Waals surface area contributed by atoms with Crippen LogP contribution < -0.4 is 5.32 Å². The minimum Gasteiger partial charge on any atom is -0.312 e. The Balaban J connectivity index is 2.10. The van der Waals surface area contributed by atoms with Crippen LogP contribution in [0.25, 0.3) is 11.1 Å². The molecule has 21 heavy (non-hydrogen) atoms. The first-order valence-corrected chi connectivity index (χ1v) is 6.65. The number of nitrogens with one attached hydrogen (secondary N) is 1. The molecular weight excluding hydrogens is 282 g/mol. The van der Waals surface area contributed by atoms with E-state index in [0.29, 0.717) is 18.2 Å². The summed E-state index contributed by atoms with van der Waals surface area (Å²) < 4.78 is 51.9. The van der Waals surface area contributed by atoms with Crippen molar-refractivity contribution in [3.63, 3.8) is 0 Å². The van der Waals surface area contributed by atoms with E-state index in [0.717, 1.165) is 30.2 Å². The van der Waals surface area contributed by atoms with E-state index in [1.165, 1.54) is 6.07 Å². The summed E-state index contributed by atoms with van der Waals surface area (Å²) in [5.74, 6) is -0.836. The van der Waals surface area contributed by atoms with E-state index in [-0.39, 0.29) is 5.56 Å². The lowest BCUT2D eigenvalue weighted by Crippen LogP contribution is -2.24. The Bertz CT molecular complexity index is 676. The van der Waals surface area contributed by atoms with Gasteiger partial charge in [0.1, 0.15) is 5.82 Å². The monoisotopic (exact) mass is 295 g/mol. The number of rotatable bonds is 1. The van der Waals surface area contributed by atoms with Crippen LogP contribution >= 0.6 is 0 Å². The fraction of sp³-hybridized carbons (Fsp3) is 0.250. The minimum absolute atomic E-state index is 0.224. The molecule has 1 nitrogen and oxygen atoms in total. The standard InChI is InChI=1S/C16H13F4N/c17-15-8-11(16(18,19)20)4-5-14(15)13-3-1-2-10-9-21-7-6-12(10)13/h1-5,8,21H,6-7,9H2. The van der Waals surface area contributed by atoms with E-state index < -0.39 is 17.6 Å². The van der Waals surface area contributed by atoms with E-state index in [9.17, 15) is 17.6 Å². The molecule has 0 bridgehead atoms. The first-order valence-electron chi connectivity index (χ1n) is 6.65. The van der Waals surface area contributed by atoms with E-state index in [2.05, 4.69) is 5.32 Å². The molecule has 0 aromatic heterocycles. The van der Waals surface area contributed by atoms with Crippen LogP contribution in [0.5, 0.6) is 0 Å². The van der Waals surface area contributed by atoms with Gasteiger partial charge in [0, 0.05) is 12.1 Å². The van der Waals surface area contributed by atoms with Gasteiger partial charge in [-0.05, 0) is 41.8 Å². The zero-order valence-electron chi connectivity index (χ0n) is 11.1. The number of fused-ring (bicyclic) bond motifs is 1. The second-order valence-electron chi connectivity index (χ2n) is 5.06. The average Bonchev–Trinajstić information content (AvgIpc) is 2.46. The Morgan fingerprint density at radius 1 is 1.00 bits per heavy atom. The summed E-state index contributed by atoms with van der Waals surface area (Å²) in [7, 11) is 0. The maximum Gasteiger partial charge on any atom is 0.416 e. The fourth-order valence-corrected chi connectivity index (χ4v) is 2.69. The molecule has 1 aliphatic heterocycles. The number of halogens is 4. The van der Waals surface area contributed by atoms with E-state index in [1.807, 2.05) is 6.07 Å². The number of hydrogen-bond donors (Lipinski definition) is 1. The average molecular weight is 295 g/mol. The second-order valence-corrected chi connectivity index (χ2v) is 5.06. The van der Waals surface area contributed by atoms with Gasteiger partial charge in [-0.3, -0.25) is 0 Å². The van der Waals surface area contributed by atoms with Crippen LogP contribution in [-0.4, -0.2) is 6.54 Å². The lowest BCUT2D eigenvalue weighted by Gasteiger charge is -2.21. The van der Waals surface area contributed by atoms with Crippen molar-refractivity contribution in [3.8, 4) is 11.1 Å². The van der Waals surface area contributed by atoms with Gasteiger partial charge < -0.3 is 5.32 Å². The summed E-state index contributed by atoms with van der Waals surface area (Å²) >= 11 is 0. The highest BCUT2D eigenvalue weighted by Crippen LogP contribution is 2.35. The van der Waals surface area contributed by atoms with Gasteiger partial charge in [0.25, 0.3) is 0 Å². The van der Waals surface area contributed by atoms with Gasteiger partial charge in [-0.2, -0.15) is 13.2 Å². The summed E-state index contributed by atoms with van der Waals surface area (Å²) in [5, 5.41) is 3.22. The molecule has 2 aromatic carbocycles. The van der Waals surface area contributed by atoms with Crippen molar-refractivity contribution in [2.45, 2.75) is 19.1 Å². The first kappa shape index (κ1) is 14.1. The number of benzene rings is 2. The van der Waals surface area contributed by atoms with E-state index >= 15 is 0 Å². The van der Waals surface area contributed by atoms with Crippen LogP contribution in [0.4, 0.5) is 17.6 Å². The summed E-state index contributed by atoms with van der Waals surface area (Å²) in [6.07, 6.45) is -3.79. The Morgan fingerprint density at radius 3 is 2.52 bits per heavy atom. The molecule has 2 aromatic rings. The van der Waals surface area contributed by atoms with Crippen molar-refractivity contribution >= 4 is 0 Å². The van der Waals surface area contributed by atoms with Crippen LogP contribution in [0.3, 0.4) is 0 Å². The third kappa shape index (κ3) is 2.65. The van der Waals surface area contributed by atoms with Gasteiger partial charge in [-0.25, -0.2) is 4.39 Å². The van der Waals surface area contributed by atoms with Gasteiger partial charge in [0.15, 0.2) is 0 Å². The topological polar surface area (TPSA) is 12.0 Å². The van der Waals surface area contributed by atoms with E-state index in [4.69, 9.17) is 0 Å². The van der Waals surface area contributed by atoms with Crippen LogP contribution in [0.2, 0.25) is 0 Å². The number of alkyl halides is 3. The van der Waals surface area contributed by atoms with Crippen molar-refractivity contribution in [2.24, 2.45) is 0 Å². The van der Waals surface area contributed by atoms with Crippen LogP contribution in [0, 0.1) is 5.82 Å². The normalized spacial score (nSPS) is 14.9. The third-order valence-electron chi connectivity index (χ3n) is 3.73. The molecule has 1 aliphatic rings. The molecule has 0 radical (unpaired) electrons. The predicted molar refractivity (Wildman–Crippen MR) is 72.2 cm³/mol. The molecule has 0 unspecified atom stereocenters. The Hall–Kier alpha value is -1.88. The summed E-state index contributed by atoms with van der Waals surface area (Å²) in [5.41, 5.74) is 2.02. The number of hydrogen-bond acceptors (Lipinski definition) is 1. The van der Waals surface area contributed by atoms with Gasteiger partial charge in [0.2, 0.25) is 0 Å². The van der Waals surface area contributed by atoms with E-state index in [1.54, 1.807) is 12.1 Å². The minimum atomic E-state index is -4.53. The molecule has 3 rings (SSSR count). The van der Waals surface area contributed by atoms with Gasteiger partial charge in [0.05, 0.1) is 5.56 Å². The lowest BCUT2D eigenvalue weighted by molar-refractivity contribution is -0.137. The molecule has 1 N–H and O–H groups in total. The zero-order chi connectivity index (χ0) is 15.0. The van der Waals surface area contributed by atoms with Crippen molar-refractivity contribution in [3.05, 3.63) is 58.9 Å². The van der Waals surface area contributed by atoms with Crippen molar-refractivity contribution in [1.82, 2.24) is 5.32 Å². The van der Waals surface area contributed by atoms with Crippen LogP contribution in [-0.2, 0) is 19.1 Å². The molecule has 110 valence electrons. The largest absolute Gasteiger partial charge is 0.416 e. The summed E-state index contributed by atoms with van der Waals surface area (Å²) in [6.45, 7) is 1.48. The van der Waals surface area contributed by atoms with Crippen molar-refractivity contribution in [1.29, 1.82) is 0 Å². The highest BCUT2D eigenvalue weighted by molar-refractivity contribution is 5.70. The summed E-state index contributed by atoms with van der Waals surface area (Å²) in [6, 6.07) is 8.23. The molecule has 0 spiro atoms. The predicted octanol–water partition coefficient (Wildman–Crippen LogP) is 4.16. The smallest absolute Gasteiger partial charge is 0.312 e. The van der Waals surface area contributed by atoms with Crippen molar-refractivity contribution < 1.29 is 17.6 Å². The molecule has 0 saturated carbocycles. The van der Waals surface area contributed by atoms with Crippen LogP contribution in [0.1, 0.15) is 16.7 Å². The summed E-state index contributed by atoms with van der Waals surface area (Å²) in [4.78, 5) is 0. The molecule has 0 amide bonds. The Morgan fingerprint density at radius 2 is 1.81 bits per heavy atom. The first-order chi connectivity index (χ1) is 9.97. The maximum absolute atomic E-state index is 14.1. The quantitative estimate of drug-likeness (QED) is 0.779. The second kappa shape index (κ2) is 5.15. The fourth-order valence-electron chi connectivity index (χ4n) is 2.69.